The molecule has 0 amide bonds. The highest BCUT2D eigenvalue weighted by atomic mass is 35.5. The van der Waals surface area contributed by atoms with Gasteiger partial charge in [0.1, 0.15) is 5.15 Å². The van der Waals surface area contributed by atoms with Crippen LogP contribution in [0.4, 0.5) is 0 Å². The van der Waals surface area contributed by atoms with E-state index in [2.05, 4.69) is 16.9 Å². The molecule has 1 aliphatic carbocycles. The molecule has 1 atom stereocenters. The van der Waals surface area contributed by atoms with Crippen LogP contribution in [0.3, 0.4) is 0 Å². The molecule has 0 aromatic carbocycles. The fraction of sp³-hybridized carbons (Fsp3) is 0.583. The standard InChI is InChI=1S/C12H17Cl2N3/c1-17(11(6-15)8-2-3-8)7-10-9(13)4-5-12(14)16-10/h4-5,8,11H,2-3,6-7,15H2,1H3. The van der Waals surface area contributed by atoms with E-state index in [1.165, 1.54) is 12.8 Å². The van der Waals surface area contributed by atoms with E-state index < -0.39 is 0 Å². The minimum atomic E-state index is 0.423. The van der Waals surface area contributed by atoms with Crippen LogP contribution >= 0.6 is 23.2 Å². The van der Waals surface area contributed by atoms with Crippen molar-refractivity contribution in [3.05, 3.63) is 28.0 Å². The highest BCUT2D eigenvalue weighted by Gasteiger charge is 2.33. The molecule has 1 aromatic heterocycles. The highest BCUT2D eigenvalue weighted by Crippen LogP contribution is 2.35. The van der Waals surface area contributed by atoms with E-state index in [1.54, 1.807) is 12.1 Å². The van der Waals surface area contributed by atoms with Crippen LogP contribution in [0.15, 0.2) is 12.1 Å². The third-order valence-electron chi connectivity index (χ3n) is 3.26. The molecule has 0 radical (unpaired) electrons. The van der Waals surface area contributed by atoms with E-state index in [0.29, 0.717) is 29.3 Å². The fourth-order valence-electron chi connectivity index (χ4n) is 2.14. The number of rotatable bonds is 5. The Kier molecular flexibility index (Phi) is 4.26. The Hall–Kier alpha value is -0.350. The van der Waals surface area contributed by atoms with Crippen molar-refractivity contribution in [2.45, 2.75) is 25.4 Å². The number of hydrogen-bond donors (Lipinski definition) is 1. The maximum atomic E-state index is 6.10. The van der Waals surface area contributed by atoms with Gasteiger partial charge in [-0.15, -0.1) is 0 Å². The first kappa shape index (κ1) is 13.1. The first-order valence-electron chi connectivity index (χ1n) is 5.83. The second-order valence-electron chi connectivity index (χ2n) is 4.62. The molecule has 2 N–H and O–H groups in total. The summed E-state index contributed by atoms with van der Waals surface area (Å²) in [6.07, 6.45) is 2.56. The Balaban J connectivity index is 2.05. The Bertz CT molecular complexity index is 393. The summed E-state index contributed by atoms with van der Waals surface area (Å²) in [6, 6.07) is 3.91. The summed E-state index contributed by atoms with van der Waals surface area (Å²) in [5.74, 6) is 0.739. The topological polar surface area (TPSA) is 42.2 Å². The molecule has 1 aromatic rings. The van der Waals surface area contributed by atoms with Gasteiger partial charge in [-0.2, -0.15) is 0 Å². The van der Waals surface area contributed by atoms with E-state index >= 15 is 0 Å². The fourth-order valence-corrected chi connectivity index (χ4v) is 2.47. The van der Waals surface area contributed by atoms with Gasteiger partial charge < -0.3 is 5.73 Å². The minimum Gasteiger partial charge on any atom is -0.329 e. The predicted octanol–water partition coefficient (Wildman–Crippen LogP) is 2.56. The van der Waals surface area contributed by atoms with Crippen molar-refractivity contribution in [1.82, 2.24) is 9.88 Å². The van der Waals surface area contributed by atoms with Gasteiger partial charge in [-0.05, 0) is 37.9 Å². The smallest absolute Gasteiger partial charge is 0.129 e. The summed E-state index contributed by atoms with van der Waals surface area (Å²) in [6.45, 7) is 1.37. The Morgan fingerprint density at radius 3 is 2.76 bits per heavy atom. The van der Waals surface area contributed by atoms with Crippen LogP contribution in [0.2, 0.25) is 10.2 Å². The minimum absolute atomic E-state index is 0.423. The molecule has 0 aliphatic heterocycles. The van der Waals surface area contributed by atoms with Crippen LogP contribution in [-0.2, 0) is 6.54 Å². The average Bonchev–Trinajstić information content (AvgIpc) is 3.09. The molecule has 3 nitrogen and oxygen atoms in total. The zero-order chi connectivity index (χ0) is 12.4. The number of pyridine rings is 1. The lowest BCUT2D eigenvalue weighted by molar-refractivity contribution is 0.213. The van der Waals surface area contributed by atoms with Gasteiger partial charge in [0, 0.05) is 19.1 Å². The summed E-state index contributed by atoms with van der Waals surface area (Å²) in [4.78, 5) is 6.48. The highest BCUT2D eigenvalue weighted by molar-refractivity contribution is 6.32. The summed E-state index contributed by atoms with van der Waals surface area (Å²) in [5.41, 5.74) is 6.64. The largest absolute Gasteiger partial charge is 0.329 e. The molecule has 94 valence electrons. The molecule has 1 saturated carbocycles. The first-order chi connectivity index (χ1) is 8.11. The van der Waals surface area contributed by atoms with Gasteiger partial charge >= 0.3 is 0 Å². The van der Waals surface area contributed by atoms with Crippen LogP contribution in [0.1, 0.15) is 18.5 Å². The van der Waals surface area contributed by atoms with Gasteiger partial charge in [-0.25, -0.2) is 4.98 Å². The second-order valence-corrected chi connectivity index (χ2v) is 5.41. The quantitative estimate of drug-likeness (QED) is 0.839. The number of aromatic nitrogens is 1. The first-order valence-corrected chi connectivity index (χ1v) is 6.58. The maximum absolute atomic E-state index is 6.10. The SMILES string of the molecule is CN(Cc1nc(Cl)ccc1Cl)C(CN)C1CC1. The molecule has 17 heavy (non-hydrogen) atoms. The molecular formula is C12H17Cl2N3. The molecule has 1 fully saturated rings. The Labute approximate surface area is 112 Å². The zero-order valence-electron chi connectivity index (χ0n) is 9.87. The predicted molar refractivity (Wildman–Crippen MR) is 71.3 cm³/mol. The average molecular weight is 274 g/mol. The molecule has 5 heteroatoms. The van der Waals surface area contributed by atoms with E-state index in [-0.39, 0.29) is 0 Å². The summed E-state index contributed by atoms with van der Waals surface area (Å²) in [7, 11) is 2.06. The van der Waals surface area contributed by atoms with Crippen molar-refractivity contribution >= 4 is 23.2 Å². The van der Waals surface area contributed by atoms with E-state index in [4.69, 9.17) is 28.9 Å². The maximum Gasteiger partial charge on any atom is 0.129 e. The third-order valence-corrected chi connectivity index (χ3v) is 3.81. The van der Waals surface area contributed by atoms with Crippen molar-refractivity contribution in [3.63, 3.8) is 0 Å². The van der Waals surface area contributed by atoms with E-state index in [1.807, 2.05) is 0 Å². The lowest BCUT2D eigenvalue weighted by Crippen LogP contribution is -2.39. The monoisotopic (exact) mass is 273 g/mol. The Morgan fingerprint density at radius 1 is 1.47 bits per heavy atom. The third kappa shape index (κ3) is 3.32. The summed E-state index contributed by atoms with van der Waals surface area (Å²) in [5, 5.41) is 1.14. The molecule has 0 bridgehead atoms. The van der Waals surface area contributed by atoms with Crippen molar-refractivity contribution in [1.29, 1.82) is 0 Å². The van der Waals surface area contributed by atoms with Gasteiger partial charge in [0.15, 0.2) is 0 Å². The Morgan fingerprint density at radius 2 is 2.18 bits per heavy atom. The molecule has 1 aliphatic rings. The summed E-state index contributed by atoms with van der Waals surface area (Å²) >= 11 is 12.0. The molecule has 2 rings (SSSR count). The van der Waals surface area contributed by atoms with Crippen molar-refractivity contribution in [2.75, 3.05) is 13.6 Å². The van der Waals surface area contributed by atoms with Gasteiger partial charge in [0.2, 0.25) is 0 Å². The zero-order valence-corrected chi connectivity index (χ0v) is 11.4. The van der Waals surface area contributed by atoms with Gasteiger partial charge in [-0.3, -0.25) is 4.90 Å². The van der Waals surface area contributed by atoms with Gasteiger partial charge in [0.05, 0.1) is 10.7 Å². The van der Waals surface area contributed by atoms with E-state index in [0.717, 1.165) is 11.6 Å². The van der Waals surface area contributed by atoms with Gasteiger partial charge in [-0.1, -0.05) is 23.2 Å². The van der Waals surface area contributed by atoms with Crippen molar-refractivity contribution in [2.24, 2.45) is 11.7 Å². The molecular weight excluding hydrogens is 257 g/mol. The van der Waals surface area contributed by atoms with Crippen molar-refractivity contribution < 1.29 is 0 Å². The molecule has 0 saturated heterocycles. The molecule has 1 unspecified atom stereocenters. The molecule has 1 heterocycles. The lowest BCUT2D eigenvalue weighted by atomic mass is 10.1. The second kappa shape index (κ2) is 5.53. The van der Waals surface area contributed by atoms with E-state index in [9.17, 15) is 0 Å². The number of nitrogens with two attached hydrogens (primary N) is 1. The number of hydrogen-bond acceptors (Lipinski definition) is 3. The van der Waals surface area contributed by atoms with Crippen LogP contribution in [-0.4, -0.2) is 29.5 Å². The molecule has 0 spiro atoms. The normalized spacial score (nSPS) is 17.5. The van der Waals surface area contributed by atoms with Crippen LogP contribution in [0.25, 0.3) is 0 Å². The van der Waals surface area contributed by atoms with Crippen LogP contribution in [0.5, 0.6) is 0 Å². The van der Waals surface area contributed by atoms with Crippen LogP contribution in [0, 0.1) is 5.92 Å². The number of nitrogens with zero attached hydrogens (tertiary/aromatic N) is 2. The number of halogens is 2. The number of likely N-dealkylation sites (N-methyl/N-ethyl adjacent to an activating group) is 1. The van der Waals surface area contributed by atoms with Crippen molar-refractivity contribution in [3.8, 4) is 0 Å². The van der Waals surface area contributed by atoms with Crippen LogP contribution < -0.4 is 5.73 Å². The summed E-state index contributed by atoms with van der Waals surface area (Å²) < 4.78 is 0. The van der Waals surface area contributed by atoms with Gasteiger partial charge in [0.25, 0.3) is 0 Å². The lowest BCUT2D eigenvalue weighted by Gasteiger charge is -2.26.